The van der Waals surface area contributed by atoms with Crippen molar-refractivity contribution in [3.05, 3.63) is 0 Å². The molecule has 0 spiro atoms. The molecule has 0 heterocycles. The Kier molecular flexibility index (Phi) is 10.8. The molecule has 0 unspecified atom stereocenters. The molecule has 84 valence electrons. The zero-order valence-corrected chi connectivity index (χ0v) is 10.3. The molecule has 3 heteroatoms. The Morgan fingerprint density at radius 3 is 2.43 bits per heavy atom. The molecule has 0 saturated carbocycles. The first kappa shape index (κ1) is 13.8. The van der Waals surface area contributed by atoms with Crippen molar-refractivity contribution in [2.24, 2.45) is 0 Å². The van der Waals surface area contributed by atoms with E-state index in [0.29, 0.717) is 0 Å². The maximum absolute atomic E-state index is 11.2. The molecule has 14 heavy (non-hydrogen) atoms. The molecule has 0 fully saturated rings. The largest absolute Gasteiger partial charge is 0.347 e. The van der Waals surface area contributed by atoms with E-state index >= 15 is 0 Å². The van der Waals surface area contributed by atoms with Gasteiger partial charge < -0.3 is 5.32 Å². The van der Waals surface area contributed by atoms with Crippen molar-refractivity contribution in [3.63, 3.8) is 0 Å². The number of hydrogen-bond donors (Lipinski definition) is 1. The summed E-state index contributed by atoms with van der Waals surface area (Å²) < 4.78 is 0. The molecule has 1 N–H and O–H groups in total. The second-order valence-corrected chi connectivity index (χ2v) is 4.54. The SMILES string of the molecule is CCCCCCSC(=O)NCCCC. The Morgan fingerprint density at radius 2 is 1.79 bits per heavy atom. The van der Waals surface area contributed by atoms with Gasteiger partial charge in [-0.05, 0) is 12.8 Å². The minimum Gasteiger partial charge on any atom is -0.347 e. The average molecular weight is 217 g/mol. The van der Waals surface area contributed by atoms with Gasteiger partial charge in [-0.2, -0.15) is 0 Å². The van der Waals surface area contributed by atoms with E-state index in [-0.39, 0.29) is 5.24 Å². The van der Waals surface area contributed by atoms with Gasteiger partial charge in [-0.1, -0.05) is 51.3 Å². The molecule has 0 radical (unpaired) electrons. The van der Waals surface area contributed by atoms with Gasteiger partial charge in [-0.15, -0.1) is 0 Å². The molecule has 0 rings (SSSR count). The van der Waals surface area contributed by atoms with E-state index in [1.807, 2.05) is 0 Å². The van der Waals surface area contributed by atoms with E-state index in [1.54, 1.807) is 0 Å². The van der Waals surface area contributed by atoms with E-state index in [9.17, 15) is 4.79 Å². The molecule has 0 saturated heterocycles. The summed E-state index contributed by atoms with van der Waals surface area (Å²) in [6, 6.07) is 0. The third-order valence-corrected chi connectivity index (χ3v) is 2.93. The van der Waals surface area contributed by atoms with E-state index in [4.69, 9.17) is 0 Å². The number of unbranched alkanes of at least 4 members (excludes halogenated alkanes) is 4. The lowest BCUT2D eigenvalue weighted by molar-refractivity contribution is 0.260. The smallest absolute Gasteiger partial charge is 0.279 e. The first-order valence-electron chi connectivity index (χ1n) is 5.71. The molecule has 0 aromatic carbocycles. The van der Waals surface area contributed by atoms with Gasteiger partial charge >= 0.3 is 0 Å². The highest BCUT2D eigenvalue weighted by Gasteiger charge is 1.99. The summed E-state index contributed by atoms with van der Waals surface area (Å²) in [5, 5.41) is 3.05. The Balaban J connectivity index is 3.10. The molecule has 0 aliphatic carbocycles. The number of amides is 1. The van der Waals surface area contributed by atoms with Crippen LogP contribution >= 0.6 is 11.8 Å². The highest BCUT2D eigenvalue weighted by atomic mass is 32.2. The molecule has 0 atom stereocenters. The number of rotatable bonds is 8. The third-order valence-electron chi connectivity index (χ3n) is 2.03. The van der Waals surface area contributed by atoms with Crippen LogP contribution in [-0.4, -0.2) is 17.5 Å². The van der Waals surface area contributed by atoms with Crippen LogP contribution in [0.3, 0.4) is 0 Å². The number of hydrogen-bond acceptors (Lipinski definition) is 2. The Hall–Kier alpha value is -0.180. The lowest BCUT2D eigenvalue weighted by Crippen LogP contribution is -2.19. The van der Waals surface area contributed by atoms with E-state index < -0.39 is 0 Å². The maximum atomic E-state index is 11.2. The lowest BCUT2D eigenvalue weighted by atomic mass is 10.2. The molecular formula is C11H23NOS. The highest BCUT2D eigenvalue weighted by Crippen LogP contribution is 2.08. The topological polar surface area (TPSA) is 29.1 Å². The summed E-state index contributed by atoms with van der Waals surface area (Å²) in [6.07, 6.45) is 7.19. The number of thioether (sulfide) groups is 1. The van der Waals surface area contributed by atoms with Gasteiger partial charge in [-0.3, -0.25) is 4.79 Å². The van der Waals surface area contributed by atoms with Crippen molar-refractivity contribution in [2.75, 3.05) is 12.3 Å². The fourth-order valence-electron chi connectivity index (χ4n) is 1.11. The summed E-state index contributed by atoms with van der Waals surface area (Å²) in [5.74, 6) is 0.970. The van der Waals surface area contributed by atoms with Gasteiger partial charge in [0.15, 0.2) is 0 Å². The van der Waals surface area contributed by atoms with E-state index in [1.165, 1.54) is 37.4 Å². The van der Waals surface area contributed by atoms with E-state index in [0.717, 1.165) is 25.1 Å². The van der Waals surface area contributed by atoms with Gasteiger partial charge in [-0.25, -0.2) is 0 Å². The summed E-state index contributed by atoms with van der Waals surface area (Å²) in [7, 11) is 0. The number of nitrogens with one attached hydrogen (secondary N) is 1. The van der Waals surface area contributed by atoms with Crippen LogP contribution in [0.2, 0.25) is 0 Å². The van der Waals surface area contributed by atoms with Crippen LogP contribution in [0.5, 0.6) is 0 Å². The van der Waals surface area contributed by atoms with Crippen LogP contribution in [0, 0.1) is 0 Å². The molecule has 0 aromatic rings. The van der Waals surface area contributed by atoms with Crippen molar-refractivity contribution in [1.29, 1.82) is 0 Å². The van der Waals surface area contributed by atoms with Crippen LogP contribution in [0.25, 0.3) is 0 Å². The molecule has 0 aromatic heterocycles. The van der Waals surface area contributed by atoms with Crippen LogP contribution in [0.15, 0.2) is 0 Å². The van der Waals surface area contributed by atoms with Gasteiger partial charge in [0.2, 0.25) is 0 Å². The van der Waals surface area contributed by atoms with Crippen LogP contribution in [0.1, 0.15) is 52.4 Å². The molecule has 2 nitrogen and oxygen atoms in total. The van der Waals surface area contributed by atoms with Crippen molar-refractivity contribution < 1.29 is 4.79 Å². The molecule has 1 amide bonds. The zero-order valence-electron chi connectivity index (χ0n) is 9.47. The van der Waals surface area contributed by atoms with Crippen LogP contribution < -0.4 is 5.32 Å². The zero-order chi connectivity index (χ0) is 10.6. The van der Waals surface area contributed by atoms with Crippen molar-refractivity contribution >= 4 is 17.0 Å². The van der Waals surface area contributed by atoms with Gasteiger partial charge in [0, 0.05) is 12.3 Å². The highest BCUT2D eigenvalue weighted by molar-refractivity contribution is 8.13. The second-order valence-electron chi connectivity index (χ2n) is 3.48. The predicted octanol–water partition coefficient (Wildman–Crippen LogP) is 3.81. The first-order valence-corrected chi connectivity index (χ1v) is 6.70. The third kappa shape index (κ3) is 9.90. The van der Waals surface area contributed by atoms with Gasteiger partial charge in [0.05, 0.1) is 0 Å². The predicted molar refractivity (Wildman–Crippen MR) is 64.9 cm³/mol. The molecular weight excluding hydrogens is 194 g/mol. The Morgan fingerprint density at radius 1 is 1.07 bits per heavy atom. The first-order chi connectivity index (χ1) is 6.81. The minimum atomic E-state index is 0.148. The van der Waals surface area contributed by atoms with Crippen LogP contribution in [-0.2, 0) is 0 Å². The molecule has 0 aliphatic heterocycles. The van der Waals surface area contributed by atoms with Gasteiger partial charge in [0.25, 0.3) is 5.24 Å². The van der Waals surface area contributed by atoms with Crippen molar-refractivity contribution in [1.82, 2.24) is 5.32 Å². The summed E-state index contributed by atoms with van der Waals surface area (Å²) in [6.45, 7) is 5.16. The molecule has 0 bridgehead atoms. The Bertz CT molecular complexity index is 139. The average Bonchev–Trinajstić information content (AvgIpc) is 2.18. The van der Waals surface area contributed by atoms with Crippen molar-refractivity contribution in [3.8, 4) is 0 Å². The summed E-state index contributed by atoms with van der Waals surface area (Å²) >= 11 is 1.43. The van der Waals surface area contributed by atoms with Crippen LogP contribution in [0.4, 0.5) is 4.79 Å². The number of carbonyl (C=O) groups excluding carboxylic acids is 1. The van der Waals surface area contributed by atoms with E-state index in [2.05, 4.69) is 19.2 Å². The normalized spacial score (nSPS) is 10.1. The summed E-state index contributed by atoms with van der Waals surface area (Å²) in [4.78, 5) is 11.2. The monoisotopic (exact) mass is 217 g/mol. The standard InChI is InChI=1S/C11H23NOS/c1-3-5-7-8-10-14-11(13)12-9-6-4-2/h3-10H2,1-2H3,(H,12,13). The van der Waals surface area contributed by atoms with Crippen molar-refractivity contribution in [2.45, 2.75) is 52.4 Å². The quantitative estimate of drug-likeness (QED) is 0.626. The minimum absolute atomic E-state index is 0.148. The van der Waals surface area contributed by atoms with Gasteiger partial charge in [0.1, 0.15) is 0 Å². The molecule has 0 aliphatic rings. The second kappa shape index (κ2) is 10.9. The maximum Gasteiger partial charge on any atom is 0.279 e. The fraction of sp³-hybridized carbons (Fsp3) is 0.909. The Labute approximate surface area is 92.2 Å². The fourth-order valence-corrected chi connectivity index (χ4v) is 1.85. The summed E-state index contributed by atoms with van der Waals surface area (Å²) in [5.41, 5.74) is 0. The number of carbonyl (C=O) groups is 1. The lowest BCUT2D eigenvalue weighted by Gasteiger charge is -2.03.